The predicted octanol–water partition coefficient (Wildman–Crippen LogP) is 7.44. The number of aliphatic hydroxyl groups excluding tert-OH is 1. The number of hydrogen-bond donors (Lipinski definition) is 3. The number of piperidine rings is 1. The van der Waals surface area contributed by atoms with E-state index in [1.54, 1.807) is 0 Å². The molecule has 2 heterocycles. The van der Waals surface area contributed by atoms with Crippen molar-refractivity contribution in [3.05, 3.63) is 143 Å². The van der Waals surface area contributed by atoms with Crippen LogP contribution >= 0.6 is 11.6 Å². The van der Waals surface area contributed by atoms with Gasteiger partial charge in [-0.2, -0.15) is 0 Å². The third-order valence-electron chi connectivity index (χ3n) is 9.33. The molecule has 3 unspecified atom stereocenters. The minimum absolute atomic E-state index is 0.0130. The van der Waals surface area contributed by atoms with Gasteiger partial charge in [-0.25, -0.2) is 4.79 Å². The van der Waals surface area contributed by atoms with Gasteiger partial charge in [-0.05, 0) is 70.5 Å². The molecule has 2 fully saturated rings. The number of ether oxygens (including phenoxy) is 3. The number of amides is 1. The summed E-state index contributed by atoms with van der Waals surface area (Å²) in [5, 5.41) is 24.5. The highest BCUT2D eigenvalue weighted by Crippen LogP contribution is 2.40. The van der Waals surface area contributed by atoms with Crippen LogP contribution in [0.2, 0.25) is 5.02 Å². The highest BCUT2D eigenvalue weighted by molar-refractivity contribution is 6.30. The summed E-state index contributed by atoms with van der Waals surface area (Å²) in [7, 11) is 0. The van der Waals surface area contributed by atoms with Crippen molar-refractivity contribution < 1.29 is 29.2 Å². The van der Waals surface area contributed by atoms with Gasteiger partial charge in [0.25, 0.3) is 0 Å². The van der Waals surface area contributed by atoms with E-state index in [-0.39, 0.29) is 25.4 Å². The zero-order valence-corrected chi connectivity index (χ0v) is 28.2. The molecule has 3 atom stereocenters. The monoisotopic (exact) mass is 682 g/mol. The molecule has 9 heteroatoms. The molecule has 2 saturated heterocycles. The first kappa shape index (κ1) is 34.8. The maximum Gasteiger partial charge on any atom is 0.407 e. The number of nitrogens with one attached hydrogen (secondary N) is 1. The van der Waals surface area contributed by atoms with E-state index in [9.17, 15) is 15.0 Å². The van der Waals surface area contributed by atoms with Crippen LogP contribution in [0.3, 0.4) is 0 Å². The van der Waals surface area contributed by atoms with Gasteiger partial charge in [-0.3, -0.25) is 0 Å². The van der Waals surface area contributed by atoms with Crippen LogP contribution in [0.25, 0.3) is 11.1 Å². The van der Waals surface area contributed by atoms with Gasteiger partial charge in [0.15, 0.2) is 6.29 Å². The summed E-state index contributed by atoms with van der Waals surface area (Å²) in [6, 6.07) is 31.6. The lowest BCUT2D eigenvalue weighted by molar-refractivity contribution is -0.253. The highest BCUT2D eigenvalue weighted by Gasteiger charge is 2.37. The molecular weight excluding hydrogens is 640 g/mol. The van der Waals surface area contributed by atoms with Gasteiger partial charge in [0.05, 0.1) is 24.4 Å². The molecule has 8 nitrogen and oxygen atoms in total. The molecule has 1 amide bonds. The minimum atomic E-state index is -0.875. The second-order valence-corrected chi connectivity index (χ2v) is 13.2. The van der Waals surface area contributed by atoms with Crippen LogP contribution in [0, 0.1) is 0 Å². The first-order chi connectivity index (χ1) is 23.8. The molecule has 2 aliphatic rings. The topological polar surface area (TPSA) is 100 Å². The SMILES string of the molecule is C=CCOC(=O)NCc1cccc(-c2cccc(C3OC(CN4CCC(O)(c5ccc(Cl)cc5)CC4)CC(c4ccc(CO)cc4)O3)c2)c1. The number of nitrogens with zero attached hydrogens (tertiary/aromatic N) is 1. The molecule has 49 heavy (non-hydrogen) atoms. The van der Waals surface area contributed by atoms with E-state index in [4.69, 9.17) is 25.8 Å². The molecule has 6 rings (SSSR count). The van der Waals surface area contributed by atoms with Crippen LogP contribution in [0.1, 0.15) is 59.5 Å². The van der Waals surface area contributed by atoms with E-state index in [0.717, 1.165) is 52.0 Å². The summed E-state index contributed by atoms with van der Waals surface area (Å²) in [6.07, 6.45) is 2.06. The standard InChI is InChI=1S/C40H43ClN2O6/c1-2-21-47-39(45)42-25-29-5-3-6-31(22-29)32-7-4-8-33(23-32)38-48-36(24-37(49-38)30-11-9-28(27-44)10-12-30)26-43-19-17-40(46,18-20-43)34-13-15-35(41)16-14-34/h2-16,22-23,36-38,44,46H,1,17-21,24-27H2,(H,42,45). The Hall–Kier alpha value is -4.02. The second-order valence-electron chi connectivity index (χ2n) is 12.8. The number of rotatable bonds is 11. The maximum absolute atomic E-state index is 11.9. The van der Waals surface area contributed by atoms with E-state index in [1.165, 1.54) is 6.08 Å². The number of carbonyl (C=O) groups excluding carboxylic acids is 1. The molecular formula is C40H43ClN2O6. The maximum atomic E-state index is 11.9. The molecule has 4 aromatic carbocycles. The Balaban J connectivity index is 1.17. The smallest absolute Gasteiger partial charge is 0.407 e. The first-order valence-electron chi connectivity index (χ1n) is 16.7. The number of benzene rings is 4. The fourth-order valence-corrected chi connectivity index (χ4v) is 6.69. The highest BCUT2D eigenvalue weighted by atomic mass is 35.5. The second kappa shape index (κ2) is 16.1. The molecule has 0 bridgehead atoms. The molecule has 4 aromatic rings. The van der Waals surface area contributed by atoms with Crippen LogP contribution in [-0.2, 0) is 33.0 Å². The first-order valence-corrected chi connectivity index (χ1v) is 17.1. The zero-order valence-electron chi connectivity index (χ0n) is 27.5. The van der Waals surface area contributed by atoms with E-state index < -0.39 is 18.0 Å². The average molecular weight is 683 g/mol. The predicted molar refractivity (Wildman–Crippen MR) is 190 cm³/mol. The van der Waals surface area contributed by atoms with E-state index in [2.05, 4.69) is 28.9 Å². The van der Waals surface area contributed by atoms with E-state index in [1.807, 2.05) is 84.9 Å². The minimum Gasteiger partial charge on any atom is -0.445 e. The van der Waals surface area contributed by atoms with Crippen molar-refractivity contribution in [2.45, 2.75) is 56.5 Å². The van der Waals surface area contributed by atoms with Crippen molar-refractivity contribution in [2.24, 2.45) is 0 Å². The summed E-state index contributed by atoms with van der Waals surface area (Å²) in [4.78, 5) is 14.3. The van der Waals surface area contributed by atoms with E-state index in [0.29, 0.717) is 37.4 Å². The lowest BCUT2D eigenvalue weighted by atomic mass is 9.84. The Morgan fingerprint density at radius 2 is 1.65 bits per heavy atom. The van der Waals surface area contributed by atoms with Gasteiger partial charge in [-0.1, -0.05) is 97.1 Å². The van der Waals surface area contributed by atoms with Crippen molar-refractivity contribution in [3.63, 3.8) is 0 Å². The quantitative estimate of drug-likeness (QED) is 0.141. The summed E-state index contributed by atoms with van der Waals surface area (Å²) in [6.45, 7) is 6.25. The van der Waals surface area contributed by atoms with Crippen molar-refractivity contribution >= 4 is 17.7 Å². The normalized spacial score (nSPS) is 20.8. The fourth-order valence-electron chi connectivity index (χ4n) is 6.56. The van der Waals surface area contributed by atoms with Gasteiger partial charge < -0.3 is 34.6 Å². The molecule has 2 aliphatic heterocycles. The molecule has 0 radical (unpaired) electrons. The average Bonchev–Trinajstić information content (AvgIpc) is 3.14. The largest absolute Gasteiger partial charge is 0.445 e. The Bertz CT molecular complexity index is 1700. The third kappa shape index (κ3) is 8.97. The summed E-state index contributed by atoms with van der Waals surface area (Å²) in [5.74, 6) is 0. The lowest BCUT2D eigenvalue weighted by Crippen LogP contribution is -2.46. The third-order valence-corrected chi connectivity index (χ3v) is 9.58. The number of hydrogen-bond acceptors (Lipinski definition) is 7. The van der Waals surface area contributed by atoms with Crippen LogP contribution in [0.15, 0.2) is 110 Å². The Morgan fingerprint density at radius 3 is 2.37 bits per heavy atom. The van der Waals surface area contributed by atoms with Gasteiger partial charge in [0, 0.05) is 43.2 Å². The molecule has 3 N–H and O–H groups in total. The number of carbonyl (C=O) groups is 1. The van der Waals surface area contributed by atoms with Gasteiger partial charge in [0.1, 0.15) is 6.61 Å². The number of aliphatic hydroxyl groups is 2. The Labute approximate surface area is 292 Å². The summed E-state index contributed by atoms with van der Waals surface area (Å²) in [5.41, 5.74) is 5.78. The molecule has 256 valence electrons. The number of halogens is 1. The van der Waals surface area contributed by atoms with Crippen LogP contribution in [0.4, 0.5) is 4.79 Å². The van der Waals surface area contributed by atoms with E-state index >= 15 is 0 Å². The Morgan fingerprint density at radius 1 is 0.939 bits per heavy atom. The van der Waals surface area contributed by atoms with Gasteiger partial charge in [0.2, 0.25) is 0 Å². The molecule has 0 spiro atoms. The lowest BCUT2D eigenvalue weighted by Gasteiger charge is -2.42. The van der Waals surface area contributed by atoms with Crippen LogP contribution < -0.4 is 5.32 Å². The Kier molecular flexibility index (Phi) is 11.5. The number of alkyl carbamates (subject to hydrolysis) is 1. The van der Waals surface area contributed by atoms with Gasteiger partial charge in [-0.15, -0.1) is 0 Å². The summed E-state index contributed by atoms with van der Waals surface area (Å²) < 4.78 is 18.4. The van der Waals surface area contributed by atoms with Gasteiger partial charge >= 0.3 is 6.09 Å². The molecule has 0 aliphatic carbocycles. The fraction of sp³-hybridized carbons (Fsp3) is 0.325. The van der Waals surface area contributed by atoms with Crippen molar-refractivity contribution in [1.29, 1.82) is 0 Å². The zero-order chi connectivity index (χ0) is 34.2. The van der Waals surface area contributed by atoms with Crippen molar-refractivity contribution in [2.75, 3.05) is 26.2 Å². The van der Waals surface area contributed by atoms with Crippen molar-refractivity contribution in [1.82, 2.24) is 10.2 Å². The number of likely N-dealkylation sites (tertiary alicyclic amines) is 1. The summed E-state index contributed by atoms with van der Waals surface area (Å²) >= 11 is 6.09. The van der Waals surface area contributed by atoms with Crippen LogP contribution in [-0.4, -0.2) is 53.6 Å². The molecule has 0 aromatic heterocycles. The molecule has 0 saturated carbocycles. The van der Waals surface area contributed by atoms with Crippen molar-refractivity contribution in [3.8, 4) is 11.1 Å². The van der Waals surface area contributed by atoms with Crippen LogP contribution in [0.5, 0.6) is 0 Å².